The Kier molecular flexibility index (Phi) is 11.4. The number of fused-ring (bicyclic) bond motifs is 5. The van der Waals surface area contributed by atoms with Gasteiger partial charge in [-0.25, -0.2) is 35.9 Å². The molecule has 0 radical (unpaired) electrons. The monoisotopic (exact) mass is 969 g/mol. The number of hydrogen-bond donors (Lipinski definition) is 2. The molecule has 0 saturated heterocycles. The highest BCUT2D eigenvalue weighted by Crippen LogP contribution is 2.60. The quantitative estimate of drug-likeness (QED) is 0.0761. The maximum Gasteiger partial charge on any atom is 0.269 e. The van der Waals surface area contributed by atoms with Gasteiger partial charge in [-0.1, -0.05) is 23.2 Å². The van der Waals surface area contributed by atoms with Crippen LogP contribution in [0.5, 0.6) is 0 Å². The van der Waals surface area contributed by atoms with Crippen molar-refractivity contribution in [3.05, 3.63) is 102 Å². The Morgan fingerprint density at radius 1 is 0.970 bits per heavy atom. The zero-order valence-corrected chi connectivity index (χ0v) is 38.2. The highest BCUT2D eigenvalue weighted by atomic mass is 35.5. The molecule has 1 amide bonds. The average Bonchev–Trinajstić information content (AvgIpc) is 4.13. The lowest BCUT2D eigenvalue weighted by Gasteiger charge is -2.28. The van der Waals surface area contributed by atoms with E-state index in [1.807, 2.05) is 0 Å². The third kappa shape index (κ3) is 8.67. The minimum atomic E-state index is -3.92. The van der Waals surface area contributed by atoms with Crippen LogP contribution in [0, 0.1) is 17.6 Å². The number of carbonyl (C=O) groups is 1. The molecular weight excluding hydrogens is 926 g/mol. The van der Waals surface area contributed by atoms with E-state index in [2.05, 4.69) is 15.1 Å². The van der Waals surface area contributed by atoms with Crippen molar-refractivity contribution in [1.82, 2.24) is 39.4 Å². The molecule has 0 aliphatic heterocycles. The molecule has 3 fully saturated rings. The number of hydrogen-bond acceptors (Lipinski definition) is 9. The van der Waals surface area contributed by atoms with Crippen molar-refractivity contribution in [2.75, 3.05) is 24.7 Å². The van der Waals surface area contributed by atoms with Gasteiger partial charge in [-0.3, -0.25) is 28.2 Å². The topological polar surface area (TPSA) is 168 Å². The molecule has 21 heteroatoms. The fourth-order valence-corrected chi connectivity index (χ4v) is 11.0. The molecule has 14 nitrogen and oxygen atoms in total. The number of benzene rings is 2. The molecule has 2 aromatic carbocycles. The van der Waals surface area contributed by atoms with Gasteiger partial charge >= 0.3 is 0 Å². The first-order valence-corrected chi connectivity index (χ1v) is 24.6. The summed E-state index contributed by atoms with van der Waals surface area (Å²) < 4.78 is 95.9. The minimum Gasteiger partial charge on any atom is -0.385 e. The van der Waals surface area contributed by atoms with Gasteiger partial charge in [0.1, 0.15) is 29.4 Å². The van der Waals surface area contributed by atoms with E-state index >= 15 is 4.79 Å². The van der Waals surface area contributed by atoms with Crippen molar-refractivity contribution in [3.8, 4) is 5.69 Å². The van der Waals surface area contributed by atoms with Crippen LogP contribution < -0.4 is 15.6 Å². The van der Waals surface area contributed by atoms with Gasteiger partial charge < -0.3 is 10.1 Å². The number of halogens is 6. The van der Waals surface area contributed by atoms with Crippen LogP contribution in [0.15, 0.2) is 41.2 Å². The van der Waals surface area contributed by atoms with E-state index < -0.39 is 51.0 Å². The number of aryl methyl sites for hydroxylation is 1. The molecule has 6 aromatic rings. The first kappa shape index (κ1) is 44.7. The highest BCUT2D eigenvalue weighted by Gasteiger charge is 2.51. The highest BCUT2D eigenvalue weighted by molar-refractivity contribution is 7.92. The lowest BCUT2D eigenvalue weighted by Crippen LogP contribution is -2.38. The second-order valence-corrected chi connectivity index (χ2v) is 20.7. The second-order valence-electron chi connectivity index (χ2n) is 18.1. The number of nitrogens with one attached hydrogen (secondary N) is 2. The van der Waals surface area contributed by atoms with Crippen LogP contribution in [-0.4, -0.2) is 74.3 Å². The molecular formula is C45H45Cl2F4N9O5S. The Morgan fingerprint density at radius 2 is 1.71 bits per heavy atom. The summed E-state index contributed by atoms with van der Waals surface area (Å²) in [5.74, 6) is -4.47. The molecule has 0 unspecified atom stereocenters. The number of pyridine rings is 1. The molecule has 3 atom stereocenters. The van der Waals surface area contributed by atoms with Crippen molar-refractivity contribution < 1.29 is 35.5 Å². The number of amides is 1. The predicted molar refractivity (Wildman–Crippen MR) is 239 cm³/mol. The normalized spacial score (nSPS) is 19.6. The standard InChI is InChI=1S/C45H45Cl2F4N9O5S/c1-65-13-3-12-58-40-33(7-6-29(46)37(40)42(56-58)57-66(2,63)64)60-43(54-41-38(44(60)62)30(47)20-31(53-41)23-8-10-45(50,51)11-9-23)32(16-22-14-26(48)19-27(49)15-22)52-35(61)21-59-34-18-25-17-28(25)36(34)39(55-59)24-4-5-24/h6-7,14-15,19-20,23-25,28,32H,3-5,8-13,16-18,21H2,1-2H3,(H,52,61)(H,56,57)/t25-,28-,32-/m0/s1. The molecule has 4 aliphatic carbocycles. The molecule has 10 rings (SSSR count). The van der Waals surface area contributed by atoms with Gasteiger partial charge in [0, 0.05) is 74.4 Å². The van der Waals surface area contributed by atoms with E-state index in [1.165, 1.54) is 40.1 Å². The van der Waals surface area contributed by atoms with E-state index in [-0.39, 0.29) is 107 Å². The van der Waals surface area contributed by atoms with Gasteiger partial charge in [0.25, 0.3) is 5.56 Å². The van der Waals surface area contributed by atoms with Gasteiger partial charge in [0.2, 0.25) is 21.9 Å². The van der Waals surface area contributed by atoms with E-state index in [4.69, 9.17) is 43.0 Å². The Balaban J connectivity index is 1.18. The summed E-state index contributed by atoms with van der Waals surface area (Å²) in [7, 11) is -2.40. The van der Waals surface area contributed by atoms with Crippen molar-refractivity contribution in [3.63, 3.8) is 0 Å². The number of carbonyl (C=O) groups excluding carboxylic acids is 1. The molecule has 4 heterocycles. The summed E-state index contributed by atoms with van der Waals surface area (Å²) in [5.41, 5.74) is 3.13. The molecule has 3 saturated carbocycles. The summed E-state index contributed by atoms with van der Waals surface area (Å²) in [6.07, 6.45) is 4.52. The van der Waals surface area contributed by atoms with Gasteiger partial charge in [0.05, 0.1) is 44.6 Å². The Hall–Kier alpha value is -5.11. The van der Waals surface area contributed by atoms with Gasteiger partial charge in [-0.2, -0.15) is 10.2 Å². The van der Waals surface area contributed by atoms with Crippen LogP contribution in [0.2, 0.25) is 10.0 Å². The maximum atomic E-state index is 15.4. The largest absolute Gasteiger partial charge is 0.385 e. The third-order valence-corrected chi connectivity index (χ3v) is 14.4. The molecule has 2 N–H and O–H groups in total. The van der Waals surface area contributed by atoms with Crippen LogP contribution in [0.4, 0.5) is 23.4 Å². The molecule has 0 spiro atoms. The summed E-state index contributed by atoms with van der Waals surface area (Å²) in [5, 5.41) is 12.6. The van der Waals surface area contributed by atoms with Crippen molar-refractivity contribution in [2.24, 2.45) is 5.92 Å². The molecule has 0 bridgehead atoms. The Bertz CT molecular complexity index is 3110. The first-order valence-electron chi connectivity index (χ1n) is 22.0. The van der Waals surface area contributed by atoms with Gasteiger partial charge in [-0.15, -0.1) is 0 Å². The Labute approximate surface area is 386 Å². The SMILES string of the molecule is COCCCn1nc(NS(C)(=O)=O)c2c(Cl)ccc(-n3c([C@H](Cc4cc(F)cc(F)c4)NC(=O)Cn4nc(C5CC5)c5c4C[C@@H]4C[C@H]54)nc4nc(C5CCC(F)(F)CC5)cc(Cl)c4c3=O)c21. The van der Waals surface area contributed by atoms with Crippen LogP contribution in [0.1, 0.15) is 109 Å². The number of sulfonamides is 1. The number of anilines is 1. The summed E-state index contributed by atoms with van der Waals surface area (Å²) in [6, 6.07) is 6.07. The van der Waals surface area contributed by atoms with Crippen LogP contribution in [0.25, 0.3) is 27.6 Å². The van der Waals surface area contributed by atoms with Crippen LogP contribution >= 0.6 is 23.2 Å². The lowest BCUT2D eigenvalue weighted by molar-refractivity contribution is -0.122. The van der Waals surface area contributed by atoms with Crippen LogP contribution in [0.3, 0.4) is 0 Å². The lowest BCUT2D eigenvalue weighted by atomic mass is 9.84. The van der Waals surface area contributed by atoms with E-state index in [9.17, 15) is 30.8 Å². The number of nitrogens with zero attached hydrogens (tertiary/aromatic N) is 7. The van der Waals surface area contributed by atoms with Gasteiger partial charge in [-0.05, 0) is 92.7 Å². The van der Waals surface area contributed by atoms with E-state index in [1.54, 1.807) is 4.68 Å². The number of ether oxygens (including phenoxy) is 1. The average molecular weight is 971 g/mol. The van der Waals surface area contributed by atoms with Gasteiger partial charge in [0.15, 0.2) is 11.5 Å². The van der Waals surface area contributed by atoms with E-state index in [0.29, 0.717) is 35.9 Å². The zero-order chi connectivity index (χ0) is 46.4. The zero-order valence-electron chi connectivity index (χ0n) is 35.9. The minimum absolute atomic E-state index is 0.0618. The number of rotatable bonds is 15. The fraction of sp³-hybridized carbons (Fsp3) is 0.467. The first-order chi connectivity index (χ1) is 31.4. The number of aromatic nitrogens is 7. The summed E-state index contributed by atoms with van der Waals surface area (Å²) >= 11 is 13.8. The third-order valence-electron chi connectivity index (χ3n) is 13.2. The van der Waals surface area contributed by atoms with Crippen molar-refractivity contribution in [1.29, 1.82) is 0 Å². The van der Waals surface area contributed by atoms with Crippen LogP contribution in [-0.2, 0) is 45.5 Å². The predicted octanol–water partition coefficient (Wildman–Crippen LogP) is 8.25. The molecule has 4 aliphatic rings. The smallest absolute Gasteiger partial charge is 0.269 e. The van der Waals surface area contributed by atoms with E-state index in [0.717, 1.165) is 55.5 Å². The fourth-order valence-electron chi connectivity index (χ4n) is 9.96. The molecule has 348 valence electrons. The van der Waals surface area contributed by atoms with Crippen molar-refractivity contribution >= 4 is 66.9 Å². The summed E-state index contributed by atoms with van der Waals surface area (Å²) in [6.45, 7) is 0.249. The second kappa shape index (κ2) is 16.9. The number of methoxy groups -OCH3 is 1. The molecule has 4 aromatic heterocycles. The number of alkyl halides is 2. The molecule has 66 heavy (non-hydrogen) atoms. The summed E-state index contributed by atoms with van der Waals surface area (Å²) in [4.78, 5) is 39.7. The Morgan fingerprint density at radius 3 is 2.41 bits per heavy atom. The maximum absolute atomic E-state index is 15.4. The van der Waals surface area contributed by atoms with Crippen molar-refractivity contribution in [2.45, 2.75) is 107 Å².